The molecule has 1 heteroatoms. The van der Waals surface area contributed by atoms with Crippen LogP contribution in [-0.4, -0.2) is 11.7 Å². The first-order valence-corrected chi connectivity index (χ1v) is 15.6. The molecule has 0 saturated carbocycles. The molecule has 0 amide bonds. The molecule has 1 N–H and O–H groups in total. The van der Waals surface area contributed by atoms with Crippen LogP contribution in [0.2, 0.25) is 0 Å². The van der Waals surface area contributed by atoms with Gasteiger partial charge in [0.25, 0.3) is 0 Å². The molecule has 0 aromatic rings. The molecular weight excluding hydrogens is 400 g/mol. The summed E-state index contributed by atoms with van der Waals surface area (Å²) < 4.78 is 0. The lowest BCUT2D eigenvalue weighted by atomic mass is 9.84. The normalized spacial score (nSPS) is 15.5. The van der Waals surface area contributed by atoms with Crippen molar-refractivity contribution >= 4 is 0 Å². The Morgan fingerprint density at radius 1 is 0.394 bits per heavy atom. The number of aliphatic hydroxyl groups is 1. The summed E-state index contributed by atoms with van der Waals surface area (Å²) in [6.45, 7) is 12.1. The summed E-state index contributed by atoms with van der Waals surface area (Å²) in [6.07, 6.45) is 31.6. The monoisotopic (exact) mass is 467 g/mol. The standard InChI is InChI=1S/C32H66O/c1-6-7-8-9-10-11-12-13-14-15-16-17-18-19-20-21-22-23-24-29(2)25-30(3)26-31(4)27-32(5)28-33/h29-33H,6-28H2,1-5H3. The average molecular weight is 467 g/mol. The van der Waals surface area contributed by atoms with Gasteiger partial charge in [0.05, 0.1) is 0 Å². The van der Waals surface area contributed by atoms with Crippen molar-refractivity contribution < 1.29 is 5.11 Å². The molecule has 200 valence electrons. The van der Waals surface area contributed by atoms with Crippen molar-refractivity contribution in [2.24, 2.45) is 23.7 Å². The van der Waals surface area contributed by atoms with Gasteiger partial charge >= 0.3 is 0 Å². The van der Waals surface area contributed by atoms with Gasteiger partial charge in [0.15, 0.2) is 0 Å². The van der Waals surface area contributed by atoms with E-state index in [0.29, 0.717) is 12.5 Å². The molecule has 0 aliphatic carbocycles. The van der Waals surface area contributed by atoms with Crippen LogP contribution in [-0.2, 0) is 0 Å². The molecule has 1 nitrogen and oxygen atoms in total. The second-order valence-corrected chi connectivity index (χ2v) is 12.1. The van der Waals surface area contributed by atoms with Crippen LogP contribution in [0.25, 0.3) is 0 Å². The van der Waals surface area contributed by atoms with Crippen LogP contribution >= 0.6 is 0 Å². The molecule has 0 aromatic heterocycles. The Hall–Kier alpha value is -0.0400. The van der Waals surface area contributed by atoms with E-state index in [2.05, 4.69) is 34.6 Å². The van der Waals surface area contributed by atoms with Crippen molar-refractivity contribution in [3.05, 3.63) is 0 Å². The number of unbranched alkanes of at least 4 members (excludes halogenated alkanes) is 17. The molecule has 0 aliphatic rings. The topological polar surface area (TPSA) is 20.2 Å². The number of hydrogen-bond donors (Lipinski definition) is 1. The zero-order valence-corrected chi connectivity index (χ0v) is 24.0. The first-order valence-electron chi connectivity index (χ1n) is 15.6. The SMILES string of the molecule is CCCCCCCCCCCCCCCCCCCCC(C)CC(C)CC(C)CC(C)CO. The van der Waals surface area contributed by atoms with Crippen LogP contribution in [0.1, 0.15) is 176 Å². The Balaban J connectivity index is 3.32. The Morgan fingerprint density at radius 3 is 1.06 bits per heavy atom. The van der Waals surface area contributed by atoms with E-state index in [0.717, 1.165) is 17.8 Å². The van der Waals surface area contributed by atoms with Gasteiger partial charge in [0.1, 0.15) is 0 Å². The average Bonchev–Trinajstić information content (AvgIpc) is 2.77. The molecule has 0 bridgehead atoms. The van der Waals surface area contributed by atoms with Crippen LogP contribution in [0.15, 0.2) is 0 Å². The summed E-state index contributed by atoms with van der Waals surface area (Å²) in [5.41, 5.74) is 0. The van der Waals surface area contributed by atoms with E-state index < -0.39 is 0 Å². The van der Waals surface area contributed by atoms with Gasteiger partial charge in [-0.2, -0.15) is 0 Å². The summed E-state index contributed by atoms with van der Waals surface area (Å²) >= 11 is 0. The molecule has 0 aromatic carbocycles. The minimum Gasteiger partial charge on any atom is -0.396 e. The van der Waals surface area contributed by atoms with Crippen LogP contribution in [0.5, 0.6) is 0 Å². The molecule has 0 heterocycles. The van der Waals surface area contributed by atoms with Gasteiger partial charge in [-0.05, 0) is 42.9 Å². The third-order valence-corrected chi connectivity index (χ3v) is 7.78. The van der Waals surface area contributed by atoms with Crippen LogP contribution in [0.3, 0.4) is 0 Å². The summed E-state index contributed by atoms with van der Waals surface area (Å²) in [4.78, 5) is 0. The van der Waals surface area contributed by atoms with E-state index in [9.17, 15) is 5.11 Å². The molecule has 0 aliphatic heterocycles. The molecule has 0 spiro atoms. The quantitative estimate of drug-likeness (QED) is 0.126. The zero-order valence-electron chi connectivity index (χ0n) is 24.0. The van der Waals surface area contributed by atoms with Crippen LogP contribution < -0.4 is 0 Å². The van der Waals surface area contributed by atoms with E-state index in [1.165, 1.54) is 141 Å². The van der Waals surface area contributed by atoms with Crippen molar-refractivity contribution in [1.29, 1.82) is 0 Å². The van der Waals surface area contributed by atoms with Gasteiger partial charge < -0.3 is 5.11 Å². The summed E-state index contributed by atoms with van der Waals surface area (Å²) in [6, 6.07) is 0. The highest BCUT2D eigenvalue weighted by molar-refractivity contribution is 4.66. The Labute approximate surface area is 211 Å². The van der Waals surface area contributed by atoms with Gasteiger partial charge in [-0.15, -0.1) is 0 Å². The second-order valence-electron chi connectivity index (χ2n) is 12.1. The van der Waals surface area contributed by atoms with Crippen molar-refractivity contribution in [3.8, 4) is 0 Å². The highest BCUT2D eigenvalue weighted by Crippen LogP contribution is 2.26. The zero-order chi connectivity index (χ0) is 24.6. The molecule has 0 radical (unpaired) electrons. The maximum atomic E-state index is 9.24. The Morgan fingerprint density at radius 2 is 0.697 bits per heavy atom. The van der Waals surface area contributed by atoms with Crippen molar-refractivity contribution in [2.45, 2.75) is 176 Å². The third-order valence-electron chi connectivity index (χ3n) is 7.78. The highest BCUT2D eigenvalue weighted by Gasteiger charge is 2.14. The van der Waals surface area contributed by atoms with Crippen molar-refractivity contribution in [1.82, 2.24) is 0 Å². The summed E-state index contributed by atoms with van der Waals surface area (Å²) in [5.74, 6) is 2.92. The minimum absolute atomic E-state index is 0.342. The van der Waals surface area contributed by atoms with E-state index in [1.54, 1.807) is 0 Å². The van der Waals surface area contributed by atoms with Gasteiger partial charge in [0, 0.05) is 6.61 Å². The Kier molecular flexibility index (Phi) is 25.0. The van der Waals surface area contributed by atoms with Crippen LogP contribution in [0, 0.1) is 23.7 Å². The predicted octanol–water partition coefficient (Wildman–Crippen LogP) is 11.1. The molecule has 33 heavy (non-hydrogen) atoms. The fraction of sp³-hybridized carbons (Fsp3) is 1.00. The molecule has 4 atom stereocenters. The van der Waals surface area contributed by atoms with E-state index in [4.69, 9.17) is 0 Å². The van der Waals surface area contributed by atoms with Crippen molar-refractivity contribution in [2.75, 3.05) is 6.61 Å². The van der Waals surface area contributed by atoms with Gasteiger partial charge in [-0.1, -0.05) is 157 Å². The van der Waals surface area contributed by atoms with Gasteiger partial charge in [-0.3, -0.25) is 0 Å². The molecule has 0 saturated heterocycles. The summed E-state index contributed by atoms with van der Waals surface area (Å²) in [5, 5.41) is 9.24. The molecule has 4 unspecified atom stereocenters. The van der Waals surface area contributed by atoms with Gasteiger partial charge in [0.2, 0.25) is 0 Å². The summed E-state index contributed by atoms with van der Waals surface area (Å²) in [7, 11) is 0. The fourth-order valence-electron chi connectivity index (χ4n) is 5.84. The second kappa shape index (κ2) is 25.1. The lowest BCUT2D eigenvalue weighted by Crippen LogP contribution is -2.12. The number of hydrogen-bond acceptors (Lipinski definition) is 1. The molecular formula is C32H66O. The number of rotatable bonds is 26. The van der Waals surface area contributed by atoms with E-state index >= 15 is 0 Å². The maximum absolute atomic E-state index is 9.24. The Bertz CT molecular complexity index is 366. The third kappa shape index (κ3) is 24.9. The maximum Gasteiger partial charge on any atom is 0.0456 e. The lowest BCUT2D eigenvalue weighted by Gasteiger charge is -2.22. The van der Waals surface area contributed by atoms with E-state index in [-0.39, 0.29) is 0 Å². The lowest BCUT2D eigenvalue weighted by molar-refractivity contribution is 0.204. The first kappa shape index (κ1) is 33.0. The predicted molar refractivity (Wildman–Crippen MR) is 151 cm³/mol. The largest absolute Gasteiger partial charge is 0.396 e. The molecule has 0 rings (SSSR count). The number of aliphatic hydroxyl groups excluding tert-OH is 1. The smallest absolute Gasteiger partial charge is 0.0456 e. The van der Waals surface area contributed by atoms with Gasteiger partial charge in [-0.25, -0.2) is 0 Å². The van der Waals surface area contributed by atoms with Crippen molar-refractivity contribution in [3.63, 3.8) is 0 Å². The fourth-order valence-corrected chi connectivity index (χ4v) is 5.84. The molecule has 0 fully saturated rings. The first-order chi connectivity index (χ1) is 16.0. The highest BCUT2D eigenvalue weighted by atomic mass is 16.3. The van der Waals surface area contributed by atoms with E-state index in [1.807, 2.05) is 0 Å². The minimum atomic E-state index is 0.342. The van der Waals surface area contributed by atoms with Crippen LogP contribution in [0.4, 0.5) is 0 Å².